The van der Waals surface area contributed by atoms with Crippen LogP contribution in [0.4, 0.5) is 5.69 Å². The van der Waals surface area contributed by atoms with Crippen molar-refractivity contribution < 1.29 is 66.2 Å². The lowest BCUT2D eigenvalue weighted by Crippen LogP contribution is -2.43. The van der Waals surface area contributed by atoms with Gasteiger partial charge >= 0.3 is 10.4 Å². The largest absolute Gasteiger partial charge is 0.506 e. The topological polar surface area (TPSA) is 297 Å². The van der Waals surface area contributed by atoms with Crippen molar-refractivity contribution in [1.29, 1.82) is 0 Å². The number of fused-ring (bicyclic) bond motifs is 1. The Kier molecular flexibility index (Phi) is 9.14. The van der Waals surface area contributed by atoms with E-state index in [9.17, 15) is 57.5 Å². The zero-order valence-electron chi connectivity index (χ0n) is 20.9. The van der Waals surface area contributed by atoms with Gasteiger partial charge in [0.1, 0.15) is 16.4 Å². The number of hydrogen-bond donors (Lipinski definition) is 6. The van der Waals surface area contributed by atoms with Gasteiger partial charge in [-0.25, -0.2) is 12.6 Å². The number of phenolic OH excluding ortho intramolecular Hbond substituents is 1. The number of allylic oxidation sites excluding steroid dienone is 5. The maximum absolute atomic E-state index is 13.4. The fourth-order valence-electron chi connectivity index (χ4n) is 3.85. The average Bonchev–Trinajstić information content (AvgIpc) is 2.81. The average molecular weight is 672 g/mol. The number of carbonyl (C=O) groups excluding carboxylic acids is 2. The van der Waals surface area contributed by atoms with Gasteiger partial charge in [-0.2, -0.15) is 30.4 Å². The molecule has 0 aromatic heterocycles. The van der Waals surface area contributed by atoms with Gasteiger partial charge in [0.2, 0.25) is 5.91 Å². The van der Waals surface area contributed by atoms with Crippen molar-refractivity contribution in [3.05, 3.63) is 51.9 Å². The summed E-state index contributed by atoms with van der Waals surface area (Å²) >= 11 is 0. The van der Waals surface area contributed by atoms with Gasteiger partial charge in [0.15, 0.2) is 15.6 Å². The first-order valence-electron chi connectivity index (χ1n) is 11.0. The van der Waals surface area contributed by atoms with Crippen molar-refractivity contribution in [2.45, 2.75) is 11.8 Å². The molecule has 0 bridgehead atoms. The van der Waals surface area contributed by atoms with E-state index in [-0.39, 0.29) is 11.4 Å². The van der Waals surface area contributed by atoms with E-state index in [1.165, 1.54) is 0 Å². The van der Waals surface area contributed by atoms with E-state index in [2.05, 4.69) is 20.0 Å². The Hall–Kier alpha value is -3.51. The third-order valence-electron chi connectivity index (χ3n) is 5.56. The first-order valence-corrected chi connectivity index (χ1v) is 16.9. The fourth-order valence-corrected chi connectivity index (χ4v) is 6.67. The van der Waals surface area contributed by atoms with Crippen LogP contribution in [0.15, 0.2) is 61.9 Å². The summed E-state index contributed by atoms with van der Waals surface area (Å²) in [5, 5.41) is 16.2. The molecule has 2 aliphatic carbocycles. The number of aromatic hydroxyl groups is 1. The lowest BCUT2D eigenvalue weighted by atomic mass is 9.77. The smallest absolute Gasteiger partial charge is 0.397 e. The monoisotopic (exact) mass is 671 g/mol. The second-order valence-corrected chi connectivity index (χ2v) is 14.6. The number of anilines is 1. The summed E-state index contributed by atoms with van der Waals surface area (Å²) in [5.41, 5.74) is 0.479. The highest BCUT2D eigenvalue weighted by Crippen LogP contribution is 2.37. The summed E-state index contributed by atoms with van der Waals surface area (Å²) < 4.78 is 125. The lowest BCUT2D eigenvalue weighted by molar-refractivity contribution is -0.119. The summed E-state index contributed by atoms with van der Waals surface area (Å²) in [6, 6.07) is 2.56. The number of nitrogens with zero attached hydrogens (tertiary/aromatic N) is 1. The fraction of sp³-hybridized carbons (Fsp3) is 0.250. The number of hydrogen-bond acceptors (Lipinski definition) is 14. The van der Waals surface area contributed by atoms with E-state index in [4.69, 9.17) is 4.55 Å². The quantitative estimate of drug-likeness (QED) is 0.100. The third kappa shape index (κ3) is 7.86. The Morgan fingerprint density at radius 3 is 2.17 bits per heavy atom. The molecule has 0 saturated carbocycles. The van der Waals surface area contributed by atoms with Crippen LogP contribution in [0.2, 0.25) is 0 Å². The van der Waals surface area contributed by atoms with Crippen LogP contribution in [-0.4, -0.2) is 82.2 Å². The van der Waals surface area contributed by atoms with Crippen LogP contribution >= 0.6 is 0 Å². The van der Waals surface area contributed by atoms with E-state index >= 15 is 0 Å². The van der Waals surface area contributed by atoms with Gasteiger partial charge in [-0.15, -0.1) is 0 Å². The zero-order valence-corrected chi connectivity index (χ0v) is 24.2. The number of carbonyl (C=O) groups is 2. The number of amides is 1. The van der Waals surface area contributed by atoms with Crippen LogP contribution in [0.25, 0.3) is 0 Å². The normalized spacial score (nSPS) is 20.7. The SMILES string of the molecule is CC(=O)NC1=CC(S(=O)(=O)O)=CC2C=C(S(=O)(=O)O)C(=NNc3ccc(S(=O)(=O)CCOS(=O)(=O)O)cc3O)C(=O)C12. The Bertz CT molecular complexity index is 1910. The Morgan fingerprint density at radius 2 is 1.64 bits per heavy atom. The van der Waals surface area contributed by atoms with Crippen LogP contribution in [0, 0.1) is 11.8 Å². The molecule has 0 radical (unpaired) electrons. The number of hydrazone groups is 1. The molecule has 0 aliphatic heterocycles. The molecule has 0 saturated heterocycles. The molecule has 42 heavy (non-hydrogen) atoms. The number of sulfone groups is 1. The highest BCUT2D eigenvalue weighted by atomic mass is 32.3. The first-order chi connectivity index (χ1) is 19.1. The van der Waals surface area contributed by atoms with E-state index in [0.717, 1.165) is 37.3 Å². The van der Waals surface area contributed by atoms with Gasteiger partial charge in [0.25, 0.3) is 20.2 Å². The number of rotatable bonds is 10. The van der Waals surface area contributed by atoms with Crippen LogP contribution in [0.1, 0.15) is 6.92 Å². The van der Waals surface area contributed by atoms with Crippen molar-refractivity contribution in [1.82, 2.24) is 5.32 Å². The van der Waals surface area contributed by atoms with Gasteiger partial charge in [0.05, 0.1) is 33.8 Å². The van der Waals surface area contributed by atoms with Gasteiger partial charge in [-0.05, 0) is 18.2 Å². The highest BCUT2D eigenvalue weighted by molar-refractivity contribution is 7.91. The predicted molar refractivity (Wildman–Crippen MR) is 142 cm³/mol. The number of nitrogens with one attached hydrogen (secondary N) is 2. The Balaban J connectivity index is 2.01. The van der Waals surface area contributed by atoms with Crippen LogP contribution in [-0.2, 0) is 54.2 Å². The van der Waals surface area contributed by atoms with E-state index < -0.39 is 103 Å². The molecule has 18 nitrogen and oxygen atoms in total. The van der Waals surface area contributed by atoms with Crippen molar-refractivity contribution in [2.75, 3.05) is 17.8 Å². The minimum absolute atomic E-state index is 0.346. The second kappa shape index (κ2) is 11.6. The molecule has 6 N–H and O–H groups in total. The van der Waals surface area contributed by atoms with Crippen molar-refractivity contribution in [3.63, 3.8) is 0 Å². The lowest BCUT2D eigenvalue weighted by Gasteiger charge is -2.32. The maximum Gasteiger partial charge on any atom is 0.397 e. The predicted octanol–water partition coefficient (Wildman–Crippen LogP) is -0.855. The highest BCUT2D eigenvalue weighted by Gasteiger charge is 2.44. The number of benzene rings is 1. The van der Waals surface area contributed by atoms with Gasteiger partial charge in [-0.3, -0.25) is 28.7 Å². The van der Waals surface area contributed by atoms with Crippen molar-refractivity contribution >= 4 is 63.6 Å². The molecule has 0 spiro atoms. The molecule has 1 aromatic carbocycles. The summed E-state index contributed by atoms with van der Waals surface area (Å²) in [5.74, 6) is -6.50. The number of phenols is 1. The van der Waals surface area contributed by atoms with Crippen LogP contribution in [0.3, 0.4) is 0 Å². The zero-order chi connectivity index (χ0) is 31.8. The molecular formula is C20H21N3O15S4. The number of Topliss-reactive ketones (excluding diaryl/α,β-unsaturated/α-hetero) is 1. The summed E-state index contributed by atoms with van der Waals surface area (Å²) in [7, 11) is -19.2. The van der Waals surface area contributed by atoms with E-state index in [1.54, 1.807) is 0 Å². The van der Waals surface area contributed by atoms with Gasteiger partial charge in [-0.1, -0.05) is 12.2 Å². The summed E-state index contributed by atoms with van der Waals surface area (Å²) in [6.07, 6.45) is 2.36. The molecule has 1 amide bonds. The second-order valence-electron chi connectivity index (χ2n) is 8.57. The van der Waals surface area contributed by atoms with E-state index in [1.807, 2.05) is 0 Å². The summed E-state index contributed by atoms with van der Waals surface area (Å²) in [4.78, 5) is 22.7. The molecule has 1 aromatic rings. The Labute approximate surface area is 238 Å². The molecule has 0 heterocycles. The van der Waals surface area contributed by atoms with Gasteiger partial charge < -0.3 is 10.4 Å². The van der Waals surface area contributed by atoms with Gasteiger partial charge in [0, 0.05) is 24.6 Å². The summed E-state index contributed by atoms with van der Waals surface area (Å²) in [6.45, 7) is 0.0826. The number of ketones is 1. The maximum atomic E-state index is 13.4. The van der Waals surface area contributed by atoms with Crippen molar-refractivity contribution in [2.24, 2.45) is 16.9 Å². The molecule has 230 valence electrons. The molecule has 2 unspecified atom stereocenters. The standard InChI is InChI=1S/C20H21N3O15S4/c1-10(24)21-15-8-13(40(29,30)31)6-11-7-17(41(32,33)34)19(20(26)18(11)15)23-22-14-3-2-12(9-16(14)25)39(27,28)5-4-38-42(35,36)37/h2-3,6-9,11,18,22,25H,4-5H2,1H3,(H,21,24)(H,29,30,31)(H,32,33,34)(H,35,36,37). The molecule has 3 rings (SSSR count). The van der Waals surface area contributed by atoms with Crippen molar-refractivity contribution in [3.8, 4) is 5.75 Å². The third-order valence-corrected chi connectivity index (χ3v) is 9.44. The minimum atomic E-state index is -5.20. The first kappa shape index (κ1) is 33.0. The van der Waals surface area contributed by atoms with Crippen LogP contribution in [0.5, 0.6) is 5.75 Å². The minimum Gasteiger partial charge on any atom is -0.506 e. The molecule has 22 heteroatoms. The van der Waals surface area contributed by atoms with E-state index in [0.29, 0.717) is 6.07 Å². The molecule has 2 aliphatic rings. The van der Waals surface area contributed by atoms with Crippen LogP contribution < -0.4 is 10.7 Å². The molecular weight excluding hydrogens is 650 g/mol. The molecule has 0 fully saturated rings. The molecule has 2 atom stereocenters. The Morgan fingerprint density at radius 1 is 1.00 bits per heavy atom.